The minimum atomic E-state index is 0.610. The lowest BCUT2D eigenvalue weighted by Gasteiger charge is -2.75. The second-order valence-corrected chi connectivity index (χ2v) is 10.5. The third-order valence-electron chi connectivity index (χ3n) is 9.81. The fraction of sp³-hybridized carbons (Fsp3) is 1.00. The van der Waals surface area contributed by atoms with Gasteiger partial charge in [0.05, 0.1) is 0 Å². The van der Waals surface area contributed by atoms with Crippen LogP contribution in [0.4, 0.5) is 0 Å². The summed E-state index contributed by atoms with van der Waals surface area (Å²) in [6, 6.07) is 0. The Kier molecular flexibility index (Phi) is 2.38. The summed E-state index contributed by atoms with van der Waals surface area (Å²) in [6.07, 6.45) is 9.11. The number of fused-ring (bicyclic) bond motifs is 5. The average Bonchev–Trinajstić information content (AvgIpc) is 2.37. The van der Waals surface area contributed by atoms with Crippen LogP contribution >= 0.6 is 0 Å². The van der Waals surface area contributed by atoms with Crippen LogP contribution in [0.15, 0.2) is 0 Å². The van der Waals surface area contributed by atoms with Crippen LogP contribution in [-0.4, -0.2) is 0 Å². The third kappa shape index (κ3) is 1.23. The van der Waals surface area contributed by atoms with E-state index in [1.807, 2.05) is 0 Å². The maximum absolute atomic E-state index is 2.70. The van der Waals surface area contributed by atoms with Crippen LogP contribution in [0.1, 0.15) is 80.1 Å². The molecule has 6 aliphatic rings. The van der Waals surface area contributed by atoms with Gasteiger partial charge in [0.15, 0.2) is 0 Å². The molecular formula is C20H34. The summed E-state index contributed by atoms with van der Waals surface area (Å²) in [5.74, 6) is 4.06. The lowest BCUT2D eigenvalue weighted by molar-refractivity contribution is -0.267. The summed E-state index contributed by atoms with van der Waals surface area (Å²) in [5, 5.41) is 0. The quantitative estimate of drug-likeness (QED) is 0.557. The summed E-state index contributed by atoms with van der Waals surface area (Å²) < 4.78 is 0. The smallest absolute Gasteiger partial charge is 0.0235 e. The van der Waals surface area contributed by atoms with Gasteiger partial charge in [0.25, 0.3) is 0 Å². The maximum Gasteiger partial charge on any atom is -0.0235 e. The standard InChI is InChI=1S/C20H34/c1-17(2)13-7-9-19(5,15(17)11-13)20(6)10-8-14-12-16(20)18(14,3)4/h13-16H,7-12H2,1-6H3. The Morgan fingerprint density at radius 2 is 0.950 bits per heavy atom. The van der Waals surface area contributed by atoms with Crippen LogP contribution in [0.25, 0.3) is 0 Å². The van der Waals surface area contributed by atoms with Crippen LogP contribution in [-0.2, 0) is 0 Å². The van der Waals surface area contributed by atoms with E-state index in [1.54, 1.807) is 0 Å². The van der Waals surface area contributed by atoms with Gasteiger partial charge < -0.3 is 0 Å². The van der Waals surface area contributed by atoms with E-state index < -0.39 is 0 Å². The van der Waals surface area contributed by atoms with Crippen molar-refractivity contribution < 1.29 is 0 Å². The summed E-state index contributed by atoms with van der Waals surface area (Å²) in [4.78, 5) is 0. The Hall–Kier alpha value is 0. The fourth-order valence-corrected chi connectivity index (χ4v) is 7.84. The molecule has 0 aromatic rings. The molecule has 0 amide bonds. The number of rotatable bonds is 1. The van der Waals surface area contributed by atoms with E-state index in [0.717, 1.165) is 23.7 Å². The molecule has 0 heteroatoms. The summed E-state index contributed by atoms with van der Waals surface area (Å²) in [6.45, 7) is 15.7. The van der Waals surface area contributed by atoms with Crippen molar-refractivity contribution in [3.05, 3.63) is 0 Å². The molecule has 6 unspecified atom stereocenters. The molecule has 0 saturated heterocycles. The van der Waals surface area contributed by atoms with Gasteiger partial charge in [0.1, 0.15) is 0 Å². The second kappa shape index (κ2) is 3.49. The van der Waals surface area contributed by atoms with Crippen molar-refractivity contribution in [2.24, 2.45) is 45.3 Å². The highest BCUT2D eigenvalue weighted by molar-refractivity contribution is 5.19. The zero-order valence-electron chi connectivity index (χ0n) is 14.6. The van der Waals surface area contributed by atoms with E-state index in [1.165, 1.54) is 38.5 Å². The fourth-order valence-electron chi connectivity index (χ4n) is 7.84. The molecule has 0 nitrogen and oxygen atoms in total. The molecule has 20 heavy (non-hydrogen) atoms. The molecule has 0 radical (unpaired) electrons. The molecular weight excluding hydrogens is 240 g/mol. The average molecular weight is 274 g/mol. The van der Waals surface area contributed by atoms with Crippen LogP contribution in [0, 0.1) is 45.3 Å². The first kappa shape index (κ1) is 13.6. The van der Waals surface area contributed by atoms with Crippen molar-refractivity contribution in [1.29, 1.82) is 0 Å². The lowest BCUT2D eigenvalue weighted by Crippen LogP contribution is -2.68. The first-order valence-corrected chi connectivity index (χ1v) is 9.14. The van der Waals surface area contributed by atoms with Crippen LogP contribution < -0.4 is 0 Å². The number of hydrogen-bond acceptors (Lipinski definition) is 0. The Morgan fingerprint density at radius 3 is 1.20 bits per heavy atom. The van der Waals surface area contributed by atoms with E-state index >= 15 is 0 Å². The predicted octanol–water partition coefficient (Wildman–Crippen LogP) is 5.91. The van der Waals surface area contributed by atoms with Gasteiger partial charge in [-0.05, 0) is 83.9 Å². The summed E-state index contributed by atoms with van der Waals surface area (Å²) >= 11 is 0. The Morgan fingerprint density at radius 1 is 0.600 bits per heavy atom. The molecule has 0 heterocycles. The van der Waals surface area contributed by atoms with Crippen molar-refractivity contribution in [3.63, 3.8) is 0 Å². The number of hydrogen-bond donors (Lipinski definition) is 0. The Labute approximate surface area is 126 Å². The molecule has 0 spiro atoms. The van der Waals surface area contributed by atoms with Crippen molar-refractivity contribution in [3.8, 4) is 0 Å². The molecule has 6 atom stereocenters. The molecule has 6 saturated carbocycles. The Bertz CT molecular complexity index is 399. The molecule has 4 bridgehead atoms. The highest BCUT2D eigenvalue weighted by Crippen LogP contribution is 2.78. The molecule has 6 aliphatic carbocycles. The van der Waals surface area contributed by atoms with E-state index in [9.17, 15) is 0 Å². The van der Waals surface area contributed by atoms with Crippen molar-refractivity contribution in [2.45, 2.75) is 80.1 Å². The van der Waals surface area contributed by atoms with E-state index in [-0.39, 0.29) is 0 Å². The van der Waals surface area contributed by atoms with Crippen molar-refractivity contribution in [2.75, 3.05) is 0 Å². The molecule has 6 fully saturated rings. The van der Waals surface area contributed by atoms with Crippen molar-refractivity contribution >= 4 is 0 Å². The van der Waals surface area contributed by atoms with Gasteiger partial charge in [-0.3, -0.25) is 0 Å². The van der Waals surface area contributed by atoms with Crippen LogP contribution in [0.3, 0.4) is 0 Å². The monoisotopic (exact) mass is 274 g/mol. The first-order chi connectivity index (χ1) is 9.14. The molecule has 0 aromatic carbocycles. The maximum atomic E-state index is 2.70. The van der Waals surface area contributed by atoms with Gasteiger partial charge in [-0.1, -0.05) is 41.5 Å². The van der Waals surface area contributed by atoms with Crippen LogP contribution in [0.2, 0.25) is 0 Å². The van der Waals surface area contributed by atoms with E-state index in [2.05, 4.69) is 41.5 Å². The largest absolute Gasteiger partial charge is 0.0594 e. The molecule has 6 rings (SSSR count). The molecule has 0 N–H and O–H groups in total. The van der Waals surface area contributed by atoms with E-state index in [4.69, 9.17) is 0 Å². The highest BCUT2D eigenvalue weighted by atomic mass is 14.7. The molecule has 114 valence electrons. The Balaban J connectivity index is 1.72. The first-order valence-electron chi connectivity index (χ1n) is 9.14. The predicted molar refractivity (Wildman–Crippen MR) is 85.4 cm³/mol. The molecule has 0 aromatic heterocycles. The molecule has 0 aliphatic heterocycles. The van der Waals surface area contributed by atoms with Gasteiger partial charge in [-0.15, -0.1) is 0 Å². The van der Waals surface area contributed by atoms with Crippen molar-refractivity contribution in [1.82, 2.24) is 0 Å². The van der Waals surface area contributed by atoms with Gasteiger partial charge >= 0.3 is 0 Å². The summed E-state index contributed by atoms with van der Waals surface area (Å²) in [5.41, 5.74) is 2.47. The van der Waals surface area contributed by atoms with Gasteiger partial charge in [0.2, 0.25) is 0 Å². The zero-order valence-corrected chi connectivity index (χ0v) is 14.6. The second-order valence-electron chi connectivity index (χ2n) is 10.5. The summed E-state index contributed by atoms with van der Waals surface area (Å²) in [7, 11) is 0. The zero-order chi connectivity index (χ0) is 14.6. The normalized spacial score (nSPS) is 58.5. The third-order valence-corrected chi connectivity index (χ3v) is 9.81. The minimum absolute atomic E-state index is 0.610. The SMILES string of the molecule is CC1(C)C2CCC(C)(C3(C)CCC4CC3C4(C)C)C1C2. The minimum Gasteiger partial charge on any atom is -0.0594 e. The van der Waals surface area contributed by atoms with E-state index in [0.29, 0.717) is 21.7 Å². The highest BCUT2D eigenvalue weighted by Gasteiger charge is 2.70. The van der Waals surface area contributed by atoms with Crippen LogP contribution in [0.5, 0.6) is 0 Å². The topological polar surface area (TPSA) is 0 Å². The lowest BCUT2D eigenvalue weighted by atomic mass is 9.29. The van der Waals surface area contributed by atoms with Gasteiger partial charge in [0, 0.05) is 0 Å². The van der Waals surface area contributed by atoms with Gasteiger partial charge in [-0.2, -0.15) is 0 Å². The van der Waals surface area contributed by atoms with Gasteiger partial charge in [-0.25, -0.2) is 0 Å².